The summed E-state index contributed by atoms with van der Waals surface area (Å²) in [5.41, 5.74) is 0.310. The molecule has 2 aromatic rings. The topological polar surface area (TPSA) is 98.8 Å². The van der Waals surface area contributed by atoms with Gasteiger partial charge >= 0.3 is 5.97 Å². The molecule has 0 saturated carbocycles. The second-order valence-electron chi connectivity index (χ2n) is 5.28. The number of amides is 2. The van der Waals surface area contributed by atoms with Crippen LogP contribution in [-0.2, 0) is 20.3 Å². The molecule has 1 unspecified atom stereocenters. The summed E-state index contributed by atoms with van der Waals surface area (Å²) in [5, 5.41) is 2.13. The lowest BCUT2D eigenvalue weighted by Gasteiger charge is -2.10. The molecule has 0 aliphatic carbocycles. The fourth-order valence-corrected chi connectivity index (χ4v) is 3.20. The second kappa shape index (κ2) is 9.63. The number of carbonyl (C=O) groups is 3. The van der Waals surface area contributed by atoms with Gasteiger partial charge in [0.25, 0.3) is 11.8 Å². The Morgan fingerprint density at radius 2 is 1.63 bits per heavy atom. The molecule has 1 atom stereocenters. The molecule has 8 heteroatoms. The normalized spacial score (nSPS) is 11.3. The Kier molecular flexibility index (Phi) is 7.25. The summed E-state index contributed by atoms with van der Waals surface area (Å²) >= 11 is 0. The predicted molar refractivity (Wildman–Crippen MR) is 99.1 cm³/mol. The molecule has 0 fully saturated rings. The molecular formula is C19H19NO6S. The summed E-state index contributed by atoms with van der Waals surface area (Å²) in [4.78, 5) is 36.6. The number of esters is 1. The van der Waals surface area contributed by atoms with Crippen LogP contribution in [0.5, 0.6) is 5.75 Å². The van der Waals surface area contributed by atoms with E-state index < -0.39 is 35.2 Å². The molecular weight excluding hydrogens is 370 g/mol. The fourth-order valence-electron chi connectivity index (χ4n) is 2.26. The third kappa shape index (κ3) is 5.24. The van der Waals surface area contributed by atoms with Crippen LogP contribution in [0, 0.1) is 0 Å². The van der Waals surface area contributed by atoms with Gasteiger partial charge in [-0.15, -0.1) is 0 Å². The number of para-hydroxylation sites is 1. The Morgan fingerprint density at radius 3 is 2.30 bits per heavy atom. The average Bonchev–Trinajstić information content (AvgIpc) is 2.71. The summed E-state index contributed by atoms with van der Waals surface area (Å²) in [6, 6.07) is 12.7. The highest BCUT2D eigenvalue weighted by atomic mass is 32.2. The summed E-state index contributed by atoms with van der Waals surface area (Å²) in [5.74, 6) is -1.57. The van der Waals surface area contributed by atoms with Crippen LogP contribution in [0.25, 0.3) is 0 Å². The van der Waals surface area contributed by atoms with Gasteiger partial charge in [-0.1, -0.05) is 31.2 Å². The van der Waals surface area contributed by atoms with Crippen molar-refractivity contribution in [1.29, 1.82) is 0 Å². The predicted octanol–water partition coefficient (Wildman–Crippen LogP) is 1.94. The van der Waals surface area contributed by atoms with E-state index in [1.807, 2.05) is 0 Å². The van der Waals surface area contributed by atoms with Gasteiger partial charge in [-0.05, 0) is 24.3 Å². The number of ether oxygens (including phenoxy) is 2. The van der Waals surface area contributed by atoms with Gasteiger partial charge in [0.05, 0.1) is 33.9 Å². The largest absolute Gasteiger partial charge is 0.496 e. The summed E-state index contributed by atoms with van der Waals surface area (Å²) in [7, 11) is 0.0661. The van der Waals surface area contributed by atoms with E-state index in [1.54, 1.807) is 43.3 Å². The maximum Gasteiger partial charge on any atom is 0.339 e. The van der Waals surface area contributed by atoms with Crippen molar-refractivity contribution in [3.63, 3.8) is 0 Å². The molecule has 0 radical (unpaired) electrons. The molecule has 2 amide bonds. The van der Waals surface area contributed by atoms with Crippen molar-refractivity contribution in [1.82, 2.24) is 5.32 Å². The van der Waals surface area contributed by atoms with E-state index >= 15 is 0 Å². The lowest BCUT2D eigenvalue weighted by Crippen LogP contribution is -2.34. The van der Waals surface area contributed by atoms with Crippen LogP contribution < -0.4 is 10.1 Å². The van der Waals surface area contributed by atoms with Gasteiger partial charge in [-0.3, -0.25) is 19.1 Å². The van der Waals surface area contributed by atoms with Gasteiger partial charge in [0.1, 0.15) is 5.75 Å². The molecule has 0 aliphatic rings. The van der Waals surface area contributed by atoms with Crippen LogP contribution >= 0.6 is 0 Å². The third-order valence-electron chi connectivity index (χ3n) is 3.55. The SMILES string of the molecule is CCS(=O)c1ccccc1C(=O)OCC(=O)NC(=O)c1ccccc1OC. The minimum atomic E-state index is -1.34. The van der Waals surface area contributed by atoms with Crippen molar-refractivity contribution in [3.05, 3.63) is 59.7 Å². The highest BCUT2D eigenvalue weighted by Crippen LogP contribution is 2.17. The fraction of sp³-hybridized carbons (Fsp3) is 0.211. The standard InChI is InChI=1S/C19H19NO6S/c1-3-27(24)16-11-7-5-9-14(16)19(23)26-12-17(21)20-18(22)13-8-4-6-10-15(13)25-2/h4-11H,3,12H2,1-2H3,(H,20,21,22). The minimum absolute atomic E-state index is 0.126. The monoisotopic (exact) mass is 389 g/mol. The zero-order chi connectivity index (χ0) is 19.8. The Morgan fingerprint density at radius 1 is 1.00 bits per heavy atom. The number of carbonyl (C=O) groups excluding carboxylic acids is 3. The number of nitrogens with one attached hydrogen (secondary N) is 1. The van der Waals surface area contributed by atoms with Gasteiger partial charge in [0.2, 0.25) is 0 Å². The molecule has 27 heavy (non-hydrogen) atoms. The molecule has 2 aromatic carbocycles. The second-order valence-corrected chi connectivity index (χ2v) is 6.99. The van der Waals surface area contributed by atoms with Crippen molar-refractivity contribution in [3.8, 4) is 5.75 Å². The first-order valence-corrected chi connectivity index (χ1v) is 9.41. The van der Waals surface area contributed by atoms with E-state index in [0.29, 0.717) is 16.4 Å². The number of rotatable bonds is 7. The summed E-state index contributed by atoms with van der Waals surface area (Å²) < 4.78 is 22.0. The Labute approximate surface area is 159 Å². The zero-order valence-corrected chi connectivity index (χ0v) is 15.7. The number of hydrogen-bond acceptors (Lipinski definition) is 6. The lowest BCUT2D eigenvalue weighted by atomic mass is 10.2. The first-order valence-electron chi connectivity index (χ1n) is 8.09. The van der Waals surface area contributed by atoms with Crippen LogP contribution in [0.3, 0.4) is 0 Å². The Bertz CT molecular complexity index is 880. The molecule has 0 heterocycles. The van der Waals surface area contributed by atoms with Gasteiger partial charge in [0.15, 0.2) is 6.61 Å². The van der Waals surface area contributed by atoms with E-state index in [2.05, 4.69) is 5.32 Å². The van der Waals surface area contributed by atoms with E-state index in [-0.39, 0.29) is 11.1 Å². The highest BCUT2D eigenvalue weighted by molar-refractivity contribution is 7.85. The van der Waals surface area contributed by atoms with Crippen molar-refractivity contribution < 1.29 is 28.1 Å². The van der Waals surface area contributed by atoms with E-state index in [9.17, 15) is 18.6 Å². The van der Waals surface area contributed by atoms with Crippen LogP contribution in [0.2, 0.25) is 0 Å². The first-order chi connectivity index (χ1) is 13.0. The van der Waals surface area contributed by atoms with E-state index in [1.165, 1.54) is 19.2 Å². The van der Waals surface area contributed by atoms with Crippen molar-refractivity contribution in [2.24, 2.45) is 0 Å². The van der Waals surface area contributed by atoms with Crippen LogP contribution in [-0.4, -0.2) is 41.5 Å². The molecule has 0 aliphatic heterocycles. The van der Waals surface area contributed by atoms with Crippen LogP contribution in [0.1, 0.15) is 27.6 Å². The maximum atomic E-state index is 12.2. The van der Waals surface area contributed by atoms with E-state index in [0.717, 1.165) is 0 Å². The van der Waals surface area contributed by atoms with Gasteiger partial charge in [-0.25, -0.2) is 4.79 Å². The average molecular weight is 389 g/mol. The van der Waals surface area contributed by atoms with Crippen LogP contribution in [0.4, 0.5) is 0 Å². The molecule has 7 nitrogen and oxygen atoms in total. The van der Waals surface area contributed by atoms with Crippen molar-refractivity contribution in [2.45, 2.75) is 11.8 Å². The quantitative estimate of drug-likeness (QED) is 0.727. The summed E-state index contributed by atoms with van der Waals surface area (Å²) in [6.07, 6.45) is 0. The number of imide groups is 1. The molecule has 0 saturated heterocycles. The van der Waals surface area contributed by atoms with E-state index in [4.69, 9.17) is 9.47 Å². The molecule has 142 valence electrons. The maximum absolute atomic E-state index is 12.2. The van der Waals surface area contributed by atoms with Crippen molar-refractivity contribution in [2.75, 3.05) is 19.5 Å². The number of benzene rings is 2. The van der Waals surface area contributed by atoms with Gasteiger partial charge in [-0.2, -0.15) is 0 Å². The lowest BCUT2D eigenvalue weighted by molar-refractivity contribution is -0.123. The molecule has 2 rings (SSSR count). The Balaban J connectivity index is 1.99. The molecule has 0 aromatic heterocycles. The Hall–Kier alpha value is -3.00. The summed E-state index contributed by atoms with van der Waals surface area (Å²) in [6.45, 7) is 1.09. The minimum Gasteiger partial charge on any atom is -0.496 e. The van der Waals surface area contributed by atoms with Crippen molar-refractivity contribution >= 4 is 28.6 Å². The first kappa shape index (κ1) is 20.3. The van der Waals surface area contributed by atoms with Crippen LogP contribution in [0.15, 0.2) is 53.4 Å². The number of methoxy groups -OCH3 is 1. The smallest absolute Gasteiger partial charge is 0.339 e. The molecule has 1 N–H and O–H groups in total. The number of hydrogen-bond donors (Lipinski definition) is 1. The molecule has 0 bridgehead atoms. The van der Waals surface area contributed by atoms with Gasteiger partial charge in [0, 0.05) is 5.75 Å². The van der Waals surface area contributed by atoms with Gasteiger partial charge < -0.3 is 9.47 Å². The highest BCUT2D eigenvalue weighted by Gasteiger charge is 2.19. The third-order valence-corrected chi connectivity index (χ3v) is 4.92. The molecule has 0 spiro atoms. The zero-order valence-electron chi connectivity index (χ0n) is 14.9.